The number of hydrogen-bond donors (Lipinski definition) is 12. The number of aliphatic carboxylic acids is 4. The first-order valence-corrected chi connectivity index (χ1v) is 9.63. The van der Waals surface area contributed by atoms with Crippen molar-refractivity contribution in [3.63, 3.8) is 0 Å². The maximum absolute atomic E-state index is 9.76. The van der Waals surface area contributed by atoms with Gasteiger partial charge in [0.1, 0.15) is 24.2 Å². The van der Waals surface area contributed by atoms with Crippen LogP contribution in [0, 0.1) is 0 Å². The van der Waals surface area contributed by atoms with E-state index in [1.54, 1.807) is 0 Å². The van der Waals surface area contributed by atoms with Crippen LogP contribution in [-0.4, -0.2) is 109 Å². The van der Waals surface area contributed by atoms with Crippen LogP contribution in [0.15, 0.2) is 0 Å². The molecule has 0 saturated heterocycles. The van der Waals surface area contributed by atoms with E-state index >= 15 is 0 Å². The molecule has 0 rings (SSSR count). The third kappa shape index (κ3) is 32.5. The van der Waals surface area contributed by atoms with Gasteiger partial charge in [-0.05, 0) is 0 Å². The quantitative estimate of drug-likeness (QED) is 0.101. The van der Waals surface area contributed by atoms with E-state index in [1.807, 2.05) is 0 Å². The molecule has 0 amide bonds. The van der Waals surface area contributed by atoms with Crippen LogP contribution in [0.5, 0.6) is 0 Å². The molecule has 0 aromatic carbocycles. The van der Waals surface area contributed by atoms with Gasteiger partial charge in [0.05, 0.1) is 0 Å². The van der Waals surface area contributed by atoms with E-state index in [4.69, 9.17) is 43.4 Å². The molecule has 0 saturated carbocycles. The molecule has 29 heavy (non-hydrogen) atoms. The van der Waals surface area contributed by atoms with Crippen LogP contribution in [0.2, 0.25) is 0 Å². The first-order chi connectivity index (χ1) is 12.7. The predicted molar refractivity (Wildman–Crippen MR) is 126 cm³/mol. The van der Waals surface area contributed by atoms with Crippen LogP contribution in [0.3, 0.4) is 0 Å². The van der Waals surface area contributed by atoms with Crippen LogP contribution in [0.1, 0.15) is 0 Å². The molecule has 17 heteroatoms. The molecule has 0 aromatic heterocycles. The predicted octanol–water partition coefficient (Wildman–Crippen LogP) is -3.60. The van der Waals surface area contributed by atoms with Gasteiger partial charge in [-0.25, -0.2) is 0 Å². The number of carboxylic acid groups (broad SMARTS) is 4. The van der Waals surface area contributed by atoms with Gasteiger partial charge >= 0.3 is 40.9 Å². The Morgan fingerprint density at radius 2 is 0.621 bits per heavy atom. The van der Waals surface area contributed by atoms with Crippen molar-refractivity contribution < 1.29 is 39.6 Å². The van der Waals surface area contributed by atoms with Gasteiger partial charge < -0.3 is 43.4 Å². The fourth-order valence-electron chi connectivity index (χ4n) is 0.312. The summed E-state index contributed by atoms with van der Waals surface area (Å²) in [5.41, 5.74) is 19.8. The van der Waals surface area contributed by atoms with Crippen molar-refractivity contribution in [2.24, 2.45) is 22.9 Å². The topological polar surface area (TPSA) is 253 Å². The Bertz CT molecular complexity index is 388. The van der Waals surface area contributed by atoms with Crippen LogP contribution in [0.4, 0.5) is 0 Å². The number of rotatable bonds is 8. The molecule has 0 spiro atoms. The second kappa shape index (κ2) is 25.7. The van der Waals surface area contributed by atoms with Crippen LogP contribution in [-0.2, 0) is 19.2 Å². The molecule has 4 atom stereocenters. The van der Waals surface area contributed by atoms with Gasteiger partial charge in [0.15, 0.2) is 0 Å². The average Bonchev–Trinajstić information content (AvgIpc) is 2.66. The van der Waals surface area contributed by atoms with E-state index < -0.39 is 48.0 Å². The van der Waals surface area contributed by atoms with E-state index in [0.29, 0.717) is 0 Å². The Labute approximate surface area is 200 Å². The normalized spacial score (nSPS) is 13.0. The molecule has 0 aromatic rings. The number of thiol groups is 4. The zero-order valence-electron chi connectivity index (χ0n) is 15.2. The van der Waals surface area contributed by atoms with Gasteiger partial charge in [0.25, 0.3) is 0 Å². The third-order valence-electron chi connectivity index (χ3n) is 2.06. The van der Waals surface area contributed by atoms with Crippen molar-refractivity contribution in [1.82, 2.24) is 0 Å². The molecule has 12 N–H and O–H groups in total. The Balaban J connectivity index is -0.0000000873. The first-order valence-electron chi connectivity index (χ1n) is 7.10. The summed E-state index contributed by atoms with van der Waals surface area (Å²) in [4.78, 5) is 39.0. The summed E-state index contributed by atoms with van der Waals surface area (Å²) in [6, 6.07) is -3.27. The average molecular weight is 566 g/mol. The minimum absolute atomic E-state index is 0. The Morgan fingerprint density at radius 1 is 0.517 bits per heavy atom. The number of carboxylic acids is 4. The molecule has 0 fully saturated rings. The number of nitrogens with two attached hydrogens (primary N) is 4. The van der Waals surface area contributed by atoms with Crippen molar-refractivity contribution in [1.29, 1.82) is 0 Å². The van der Waals surface area contributed by atoms with E-state index in [1.165, 1.54) is 0 Å². The third-order valence-corrected chi connectivity index (χ3v) is 3.63. The molecular weight excluding hydrogens is 535 g/mol. The summed E-state index contributed by atoms with van der Waals surface area (Å²) in [7, 11) is 0. The molecule has 0 unspecified atom stereocenters. The Kier molecular flexibility index (Phi) is 34.7. The van der Waals surface area contributed by atoms with Crippen molar-refractivity contribution in [2.75, 3.05) is 23.0 Å². The molecular formula is C12H30N4O8S4Se. The monoisotopic (exact) mass is 566 g/mol. The second-order valence-electron chi connectivity index (χ2n) is 4.51. The van der Waals surface area contributed by atoms with Crippen molar-refractivity contribution in [3.8, 4) is 0 Å². The summed E-state index contributed by atoms with van der Waals surface area (Å²) >= 11 is 14.6. The molecule has 0 radical (unpaired) electrons. The zero-order chi connectivity index (χ0) is 23.4. The molecule has 0 aliphatic heterocycles. The summed E-state index contributed by atoms with van der Waals surface area (Å²) in [6.07, 6.45) is 0. The summed E-state index contributed by atoms with van der Waals surface area (Å²) in [5.74, 6) is -3.26. The molecule has 12 nitrogen and oxygen atoms in total. The molecule has 0 aliphatic rings. The van der Waals surface area contributed by atoms with Crippen molar-refractivity contribution in [3.05, 3.63) is 0 Å². The Morgan fingerprint density at radius 3 is 0.621 bits per heavy atom. The maximum atomic E-state index is 9.76. The van der Waals surface area contributed by atoms with Crippen LogP contribution >= 0.6 is 50.5 Å². The molecule has 0 bridgehead atoms. The van der Waals surface area contributed by atoms with Crippen LogP contribution in [0.25, 0.3) is 0 Å². The zero-order valence-corrected chi connectivity index (χ0v) is 20.8. The van der Waals surface area contributed by atoms with Gasteiger partial charge in [0.2, 0.25) is 0 Å². The molecule has 176 valence electrons. The summed E-state index contributed by atoms with van der Waals surface area (Å²) in [5, 5.41) is 32.0. The van der Waals surface area contributed by atoms with Crippen LogP contribution < -0.4 is 22.9 Å². The van der Waals surface area contributed by atoms with Crippen molar-refractivity contribution >= 4 is 91.5 Å². The van der Waals surface area contributed by atoms with E-state index in [9.17, 15) is 19.2 Å². The van der Waals surface area contributed by atoms with Gasteiger partial charge in [-0.3, -0.25) is 19.2 Å². The van der Waals surface area contributed by atoms with Gasteiger partial charge in [-0.2, -0.15) is 50.5 Å². The number of carbonyl (C=O) groups is 4. The van der Waals surface area contributed by atoms with E-state index in [2.05, 4.69) is 50.5 Å². The minimum atomic E-state index is -1.00. The van der Waals surface area contributed by atoms with Crippen molar-refractivity contribution in [2.45, 2.75) is 24.2 Å². The second-order valence-corrected chi connectivity index (χ2v) is 5.97. The summed E-state index contributed by atoms with van der Waals surface area (Å²) < 4.78 is 0. The molecule has 0 aliphatic carbocycles. The SMILES string of the molecule is N[C@@H](CS)C(=O)O.N[C@@H](CS)C(=O)O.N[C@@H](CS)C(=O)O.N[C@@H](CS)C(=O)O.[SeH2]. The molecule has 0 heterocycles. The first kappa shape index (κ1) is 39.2. The number of hydrogen-bond acceptors (Lipinski definition) is 12. The fraction of sp³-hybridized carbons (Fsp3) is 0.667. The fourth-order valence-corrected chi connectivity index (χ4v) is 0.937. The standard InChI is InChI=1S/4C3H7NO2S.H2Se/c4*4-2(1-7)3(5)6;/h4*2,7H,1,4H2,(H,5,6);1H2/t4*2-;/m0000./s1. The van der Waals surface area contributed by atoms with Gasteiger partial charge in [-0.15, -0.1) is 0 Å². The van der Waals surface area contributed by atoms with Gasteiger partial charge in [-0.1, -0.05) is 0 Å². The van der Waals surface area contributed by atoms with E-state index in [-0.39, 0.29) is 40.1 Å². The van der Waals surface area contributed by atoms with E-state index in [0.717, 1.165) is 0 Å². The van der Waals surface area contributed by atoms with Gasteiger partial charge in [0, 0.05) is 23.0 Å². The summed E-state index contributed by atoms with van der Waals surface area (Å²) in [6.45, 7) is 0. The Hall–Kier alpha value is -0.361.